The lowest BCUT2D eigenvalue weighted by atomic mass is 10.1. The van der Waals surface area contributed by atoms with Gasteiger partial charge in [0.25, 0.3) is 0 Å². The molecule has 5 heteroatoms. The Kier molecular flexibility index (Phi) is 3.41. The fourth-order valence-corrected chi connectivity index (χ4v) is 1.73. The SMILES string of the molecule is COC(=O)Cc1nc(-c2cccc(F)c2)c(C)[nH]1. The Balaban J connectivity index is 2.32. The van der Waals surface area contributed by atoms with Crippen LogP contribution < -0.4 is 0 Å². The number of rotatable bonds is 3. The summed E-state index contributed by atoms with van der Waals surface area (Å²) in [7, 11) is 1.33. The largest absolute Gasteiger partial charge is 0.469 e. The molecule has 0 spiro atoms. The van der Waals surface area contributed by atoms with Crippen LogP contribution in [-0.2, 0) is 16.0 Å². The van der Waals surface area contributed by atoms with E-state index in [9.17, 15) is 9.18 Å². The fraction of sp³-hybridized carbons (Fsp3) is 0.231. The van der Waals surface area contributed by atoms with Crippen LogP contribution in [0.2, 0.25) is 0 Å². The van der Waals surface area contributed by atoms with Gasteiger partial charge in [0.05, 0.1) is 12.8 Å². The smallest absolute Gasteiger partial charge is 0.313 e. The van der Waals surface area contributed by atoms with Gasteiger partial charge < -0.3 is 9.72 Å². The number of H-pyrrole nitrogens is 1. The zero-order valence-corrected chi connectivity index (χ0v) is 10.2. The van der Waals surface area contributed by atoms with Crippen molar-refractivity contribution in [1.29, 1.82) is 0 Å². The molecule has 2 aromatic rings. The van der Waals surface area contributed by atoms with Gasteiger partial charge in [-0.2, -0.15) is 0 Å². The Labute approximate surface area is 104 Å². The number of esters is 1. The number of halogens is 1. The van der Waals surface area contributed by atoms with Crippen LogP contribution in [0.3, 0.4) is 0 Å². The summed E-state index contributed by atoms with van der Waals surface area (Å²) in [5.74, 6) is -0.169. The molecule has 0 bridgehead atoms. The minimum Gasteiger partial charge on any atom is -0.469 e. The lowest BCUT2D eigenvalue weighted by Crippen LogP contribution is -2.05. The third-order valence-electron chi connectivity index (χ3n) is 2.57. The van der Waals surface area contributed by atoms with Gasteiger partial charge in [-0.3, -0.25) is 4.79 Å². The van der Waals surface area contributed by atoms with Crippen molar-refractivity contribution in [3.05, 3.63) is 41.6 Å². The number of nitrogens with zero attached hydrogens (tertiary/aromatic N) is 1. The summed E-state index contributed by atoms with van der Waals surface area (Å²) in [5, 5.41) is 0. The van der Waals surface area contributed by atoms with Crippen molar-refractivity contribution in [2.45, 2.75) is 13.3 Å². The molecule has 0 saturated heterocycles. The predicted molar refractivity (Wildman–Crippen MR) is 64.4 cm³/mol. The molecule has 1 aromatic heterocycles. The number of ether oxygens (including phenoxy) is 1. The number of methoxy groups -OCH3 is 1. The lowest BCUT2D eigenvalue weighted by Gasteiger charge is -1.98. The molecule has 18 heavy (non-hydrogen) atoms. The van der Waals surface area contributed by atoms with Crippen molar-refractivity contribution < 1.29 is 13.9 Å². The van der Waals surface area contributed by atoms with E-state index >= 15 is 0 Å². The maximum atomic E-state index is 13.1. The molecule has 1 heterocycles. The van der Waals surface area contributed by atoms with Gasteiger partial charge in [-0.15, -0.1) is 0 Å². The van der Waals surface area contributed by atoms with E-state index in [2.05, 4.69) is 14.7 Å². The minimum atomic E-state index is -0.366. The second-order valence-corrected chi connectivity index (χ2v) is 3.92. The van der Waals surface area contributed by atoms with Crippen molar-refractivity contribution >= 4 is 5.97 Å². The topological polar surface area (TPSA) is 55.0 Å². The van der Waals surface area contributed by atoms with Crippen LogP contribution in [0.4, 0.5) is 4.39 Å². The second-order valence-electron chi connectivity index (χ2n) is 3.92. The average Bonchev–Trinajstić information content (AvgIpc) is 2.70. The van der Waals surface area contributed by atoms with Gasteiger partial charge in [-0.1, -0.05) is 12.1 Å². The Morgan fingerprint density at radius 1 is 1.50 bits per heavy atom. The molecule has 0 amide bonds. The summed E-state index contributed by atoms with van der Waals surface area (Å²) in [4.78, 5) is 18.4. The van der Waals surface area contributed by atoms with Crippen molar-refractivity contribution in [2.75, 3.05) is 7.11 Å². The van der Waals surface area contributed by atoms with Gasteiger partial charge in [0.2, 0.25) is 0 Å². The average molecular weight is 248 g/mol. The van der Waals surface area contributed by atoms with Crippen LogP contribution in [0.1, 0.15) is 11.5 Å². The van der Waals surface area contributed by atoms with E-state index in [1.54, 1.807) is 12.1 Å². The number of hydrogen-bond donors (Lipinski definition) is 1. The van der Waals surface area contributed by atoms with Gasteiger partial charge in [0.15, 0.2) is 0 Å². The number of aryl methyl sites for hydroxylation is 1. The Bertz CT molecular complexity index is 578. The number of carbonyl (C=O) groups is 1. The minimum absolute atomic E-state index is 0.0760. The van der Waals surface area contributed by atoms with Gasteiger partial charge in [0.1, 0.15) is 18.1 Å². The number of nitrogens with one attached hydrogen (secondary N) is 1. The third-order valence-corrected chi connectivity index (χ3v) is 2.57. The number of carbonyl (C=O) groups excluding carboxylic acids is 1. The van der Waals surface area contributed by atoms with Gasteiger partial charge in [-0.05, 0) is 19.1 Å². The summed E-state index contributed by atoms with van der Waals surface area (Å²) in [6, 6.07) is 6.18. The third kappa shape index (κ3) is 2.56. The first kappa shape index (κ1) is 12.3. The van der Waals surface area contributed by atoms with Crippen LogP contribution in [0.25, 0.3) is 11.3 Å². The first-order valence-electron chi connectivity index (χ1n) is 5.48. The number of aromatic nitrogens is 2. The Hall–Kier alpha value is -2.17. The molecule has 0 radical (unpaired) electrons. The molecular formula is C13H13FN2O2. The summed E-state index contributed by atoms with van der Waals surface area (Å²) in [6.45, 7) is 1.83. The quantitative estimate of drug-likeness (QED) is 0.847. The van der Waals surface area contributed by atoms with E-state index in [0.717, 1.165) is 5.69 Å². The zero-order valence-electron chi connectivity index (χ0n) is 10.2. The molecule has 2 rings (SSSR count). The van der Waals surface area contributed by atoms with Crippen molar-refractivity contribution in [2.24, 2.45) is 0 Å². The predicted octanol–water partition coefficient (Wildman–Crippen LogP) is 2.24. The maximum Gasteiger partial charge on any atom is 0.313 e. The van der Waals surface area contributed by atoms with E-state index in [1.807, 2.05) is 6.92 Å². The first-order valence-corrected chi connectivity index (χ1v) is 5.48. The molecule has 4 nitrogen and oxygen atoms in total. The van der Waals surface area contributed by atoms with Gasteiger partial charge in [-0.25, -0.2) is 9.37 Å². The fourth-order valence-electron chi connectivity index (χ4n) is 1.73. The molecule has 0 atom stereocenters. The van der Waals surface area contributed by atoms with Crippen molar-refractivity contribution in [3.8, 4) is 11.3 Å². The van der Waals surface area contributed by atoms with Gasteiger partial charge >= 0.3 is 5.97 Å². The van der Waals surface area contributed by atoms with Crippen LogP contribution in [0, 0.1) is 12.7 Å². The highest BCUT2D eigenvalue weighted by Gasteiger charge is 2.12. The van der Waals surface area contributed by atoms with E-state index in [0.29, 0.717) is 17.1 Å². The number of benzene rings is 1. The first-order chi connectivity index (χ1) is 8.60. The maximum absolute atomic E-state index is 13.1. The molecule has 0 unspecified atom stereocenters. The van der Waals surface area contributed by atoms with E-state index < -0.39 is 0 Å². The van der Waals surface area contributed by atoms with Crippen LogP contribution in [0.5, 0.6) is 0 Å². The molecule has 0 aliphatic carbocycles. The second kappa shape index (κ2) is 5.00. The van der Waals surface area contributed by atoms with E-state index in [4.69, 9.17) is 0 Å². The van der Waals surface area contributed by atoms with Crippen LogP contribution >= 0.6 is 0 Å². The number of imidazole rings is 1. The highest BCUT2D eigenvalue weighted by atomic mass is 19.1. The molecule has 1 N–H and O–H groups in total. The van der Waals surface area contributed by atoms with Crippen LogP contribution in [0.15, 0.2) is 24.3 Å². The van der Waals surface area contributed by atoms with Crippen molar-refractivity contribution in [3.63, 3.8) is 0 Å². The summed E-state index contributed by atoms with van der Waals surface area (Å²) >= 11 is 0. The normalized spacial score (nSPS) is 10.4. The standard InChI is InChI=1S/C13H13FN2O2/c1-8-13(9-4-3-5-10(14)6-9)16-11(15-8)7-12(17)18-2/h3-6H,7H2,1-2H3,(H,15,16). The van der Waals surface area contributed by atoms with Crippen LogP contribution in [-0.4, -0.2) is 23.0 Å². The number of aromatic amines is 1. The molecule has 0 aliphatic heterocycles. The zero-order chi connectivity index (χ0) is 13.1. The summed E-state index contributed by atoms with van der Waals surface area (Å²) in [5.41, 5.74) is 2.12. The number of hydrogen-bond acceptors (Lipinski definition) is 3. The molecule has 1 aromatic carbocycles. The lowest BCUT2D eigenvalue weighted by molar-refractivity contribution is -0.139. The van der Waals surface area contributed by atoms with E-state index in [-0.39, 0.29) is 18.2 Å². The molecule has 0 aliphatic rings. The van der Waals surface area contributed by atoms with Crippen molar-refractivity contribution in [1.82, 2.24) is 9.97 Å². The monoisotopic (exact) mass is 248 g/mol. The Morgan fingerprint density at radius 3 is 2.94 bits per heavy atom. The highest BCUT2D eigenvalue weighted by Crippen LogP contribution is 2.21. The summed E-state index contributed by atoms with van der Waals surface area (Å²) < 4.78 is 17.7. The van der Waals surface area contributed by atoms with E-state index in [1.165, 1.54) is 19.2 Å². The van der Waals surface area contributed by atoms with Gasteiger partial charge in [0, 0.05) is 11.3 Å². The molecular weight excluding hydrogens is 235 g/mol. The summed E-state index contributed by atoms with van der Waals surface area (Å²) in [6.07, 6.45) is 0.0760. The molecule has 0 saturated carbocycles. The Morgan fingerprint density at radius 2 is 2.28 bits per heavy atom. The highest BCUT2D eigenvalue weighted by molar-refractivity contribution is 5.72. The molecule has 0 fully saturated rings. The molecule has 94 valence electrons.